The van der Waals surface area contributed by atoms with E-state index in [1.807, 2.05) is 59.3 Å². The van der Waals surface area contributed by atoms with Crippen molar-refractivity contribution in [2.24, 2.45) is 0 Å². The van der Waals surface area contributed by atoms with E-state index in [4.69, 9.17) is 10.8 Å². The zero-order chi connectivity index (χ0) is 17.2. The van der Waals surface area contributed by atoms with Crippen molar-refractivity contribution in [1.82, 2.24) is 9.78 Å². The highest BCUT2D eigenvalue weighted by Gasteiger charge is 2.14. The predicted molar refractivity (Wildman–Crippen MR) is 112 cm³/mol. The first kappa shape index (κ1) is 15.9. The number of aromatic nitrogens is 2. The largest absolute Gasteiger partial charge is 0.398 e. The molecule has 4 heteroatoms. The number of halogens is 1. The Bertz CT molecular complexity index is 1010. The summed E-state index contributed by atoms with van der Waals surface area (Å²) in [6, 6.07) is 28.5. The van der Waals surface area contributed by atoms with Crippen molar-refractivity contribution in [3.8, 4) is 28.2 Å². The number of nitrogens with two attached hydrogens (primary N) is 1. The molecule has 0 bridgehead atoms. The van der Waals surface area contributed by atoms with Gasteiger partial charge in [0, 0.05) is 20.4 Å². The number of benzene rings is 3. The van der Waals surface area contributed by atoms with Gasteiger partial charge in [-0.25, -0.2) is 4.68 Å². The molecule has 122 valence electrons. The molecule has 0 unspecified atom stereocenters. The molecular weight excluding hydrogens is 421 g/mol. The quantitative estimate of drug-likeness (QED) is 0.345. The third-order valence-corrected chi connectivity index (χ3v) is 4.81. The fourth-order valence-corrected chi connectivity index (χ4v) is 3.19. The molecule has 0 atom stereocenters. The molecule has 25 heavy (non-hydrogen) atoms. The minimum absolute atomic E-state index is 0.744. The lowest BCUT2D eigenvalue weighted by molar-refractivity contribution is 0.892. The third-order valence-electron chi connectivity index (χ3n) is 4.09. The second kappa shape index (κ2) is 6.72. The van der Waals surface area contributed by atoms with Crippen LogP contribution in [0.25, 0.3) is 28.2 Å². The number of hydrogen-bond acceptors (Lipinski definition) is 2. The van der Waals surface area contributed by atoms with Crippen LogP contribution in [0, 0.1) is 3.57 Å². The van der Waals surface area contributed by atoms with Crippen molar-refractivity contribution in [1.29, 1.82) is 0 Å². The molecule has 0 radical (unpaired) electrons. The summed E-state index contributed by atoms with van der Waals surface area (Å²) in [4.78, 5) is 0. The van der Waals surface area contributed by atoms with Gasteiger partial charge >= 0.3 is 0 Å². The van der Waals surface area contributed by atoms with Gasteiger partial charge in [-0.05, 0) is 59.0 Å². The summed E-state index contributed by atoms with van der Waals surface area (Å²) in [5.74, 6) is 0. The molecule has 0 aliphatic heterocycles. The maximum atomic E-state index is 6.23. The summed E-state index contributed by atoms with van der Waals surface area (Å²) in [6.07, 6.45) is 0. The van der Waals surface area contributed by atoms with Crippen LogP contribution in [0.2, 0.25) is 0 Å². The molecule has 2 N–H and O–H groups in total. The molecular formula is C21H16IN3. The Labute approximate surface area is 160 Å². The van der Waals surface area contributed by atoms with Crippen LogP contribution >= 0.6 is 22.6 Å². The molecule has 0 fully saturated rings. The monoisotopic (exact) mass is 437 g/mol. The summed E-state index contributed by atoms with van der Waals surface area (Å²) in [5, 5.41) is 4.86. The summed E-state index contributed by atoms with van der Waals surface area (Å²) < 4.78 is 3.16. The van der Waals surface area contributed by atoms with Crippen LogP contribution in [-0.2, 0) is 0 Å². The van der Waals surface area contributed by atoms with E-state index in [-0.39, 0.29) is 0 Å². The van der Waals surface area contributed by atoms with Crippen LogP contribution in [0.4, 0.5) is 5.69 Å². The summed E-state index contributed by atoms with van der Waals surface area (Å²) in [6.45, 7) is 0. The molecule has 0 spiro atoms. The first-order valence-corrected chi connectivity index (χ1v) is 9.06. The number of para-hydroxylation sites is 2. The lowest BCUT2D eigenvalue weighted by atomic mass is 10.1. The lowest BCUT2D eigenvalue weighted by Crippen LogP contribution is -2.00. The van der Waals surface area contributed by atoms with Crippen LogP contribution in [0.3, 0.4) is 0 Å². The smallest absolute Gasteiger partial charge is 0.0934 e. The number of nitrogens with zero attached hydrogens (tertiary/aromatic N) is 2. The fourth-order valence-electron chi connectivity index (χ4n) is 2.83. The topological polar surface area (TPSA) is 43.8 Å². The molecule has 1 heterocycles. The van der Waals surface area contributed by atoms with Gasteiger partial charge in [-0.3, -0.25) is 0 Å². The van der Waals surface area contributed by atoms with Crippen molar-refractivity contribution in [3.63, 3.8) is 0 Å². The van der Waals surface area contributed by atoms with Crippen molar-refractivity contribution in [2.75, 3.05) is 5.73 Å². The Kier molecular flexibility index (Phi) is 4.28. The fraction of sp³-hybridized carbons (Fsp3) is 0. The maximum Gasteiger partial charge on any atom is 0.0934 e. The second-order valence-electron chi connectivity index (χ2n) is 5.76. The molecule has 0 saturated heterocycles. The van der Waals surface area contributed by atoms with Crippen molar-refractivity contribution in [3.05, 3.63) is 88.5 Å². The first-order valence-electron chi connectivity index (χ1n) is 7.99. The number of rotatable bonds is 3. The zero-order valence-corrected chi connectivity index (χ0v) is 15.6. The van der Waals surface area contributed by atoms with E-state index in [0.29, 0.717) is 0 Å². The van der Waals surface area contributed by atoms with Gasteiger partial charge in [-0.15, -0.1) is 0 Å². The van der Waals surface area contributed by atoms with Crippen LogP contribution in [0.1, 0.15) is 0 Å². The van der Waals surface area contributed by atoms with E-state index < -0.39 is 0 Å². The predicted octanol–water partition coefficient (Wildman–Crippen LogP) is 5.39. The van der Waals surface area contributed by atoms with E-state index >= 15 is 0 Å². The van der Waals surface area contributed by atoms with Gasteiger partial charge in [0.15, 0.2) is 0 Å². The number of nitrogen functional groups attached to an aromatic ring is 1. The van der Waals surface area contributed by atoms with E-state index in [1.54, 1.807) is 0 Å². The highest BCUT2D eigenvalue weighted by molar-refractivity contribution is 14.1. The average Bonchev–Trinajstić information content (AvgIpc) is 3.08. The van der Waals surface area contributed by atoms with Crippen molar-refractivity contribution < 1.29 is 0 Å². The summed E-state index contributed by atoms with van der Waals surface area (Å²) >= 11 is 2.31. The Hall–Kier alpha value is -2.60. The standard InChI is InChI=1S/C21H16IN3/c22-16-12-10-15(11-13-16)20-14-21(18-8-4-5-9-19(18)23)25(24-20)17-6-2-1-3-7-17/h1-14H,23H2. The SMILES string of the molecule is Nc1ccccc1-c1cc(-c2ccc(I)cc2)nn1-c1ccccc1. The van der Waals surface area contributed by atoms with Gasteiger partial charge in [-0.1, -0.05) is 48.5 Å². The molecule has 0 amide bonds. The van der Waals surface area contributed by atoms with E-state index in [0.717, 1.165) is 33.9 Å². The van der Waals surface area contributed by atoms with Crippen molar-refractivity contribution in [2.45, 2.75) is 0 Å². The maximum absolute atomic E-state index is 6.23. The van der Waals surface area contributed by atoms with E-state index in [2.05, 4.69) is 52.9 Å². The number of anilines is 1. The minimum Gasteiger partial charge on any atom is -0.398 e. The zero-order valence-electron chi connectivity index (χ0n) is 13.4. The molecule has 1 aromatic heterocycles. The molecule has 0 saturated carbocycles. The molecule has 4 rings (SSSR count). The Morgan fingerprint density at radius 1 is 0.800 bits per heavy atom. The highest BCUT2D eigenvalue weighted by atomic mass is 127. The average molecular weight is 437 g/mol. The Morgan fingerprint density at radius 3 is 2.20 bits per heavy atom. The van der Waals surface area contributed by atoms with Gasteiger partial charge in [0.1, 0.15) is 0 Å². The third kappa shape index (κ3) is 3.17. The van der Waals surface area contributed by atoms with E-state index in [9.17, 15) is 0 Å². The molecule has 0 aliphatic rings. The molecule has 3 aromatic carbocycles. The van der Waals surface area contributed by atoms with Crippen LogP contribution < -0.4 is 5.73 Å². The highest BCUT2D eigenvalue weighted by Crippen LogP contribution is 2.32. The second-order valence-corrected chi connectivity index (χ2v) is 7.00. The number of hydrogen-bond donors (Lipinski definition) is 1. The first-order chi connectivity index (χ1) is 12.2. The normalized spacial score (nSPS) is 10.8. The lowest BCUT2D eigenvalue weighted by Gasteiger charge is -2.09. The van der Waals surface area contributed by atoms with Gasteiger partial charge < -0.3 is 5.73 Å². The molecule has 3 nitrogen and oxygen atoms in total. The van der Waals surface area contributed by atoms with Gasteiger partial charge in [0.25, 0.3) is 0 Å². The molecule has 4 aromatic rings. The minimum atomic E-state index is 0.744. The molecule has 0 aliphatic carbocycles. The van der Waals surface area contributed by atoms with Crippen molar-refractivity contribution >= 4 is 28.3 Å². The summed E-state index contributed by atoms with van der Waals surface area (Å²) in [7, 11) is 0. The van der Waals surface area contributed by atoms with Gasteiger partial charge in [-0.2, -0.15) is 5.10 Å². The summed E-state index contributed by atoms with van der Waals surface area (Å²) in [5.41, 5.74) is 12.0. The Balaban J connectivity index is 1.92. The van der Waals surface area contributed by atoms with Crippen LogP contribution in [-0.4, -0.2) is 9.78 Å². The van der Waals surface area contributed by atoms with Crippen LogP contribution in [0.5, 0.6) is 0 Å². The Morgan fingerprint density at radius 2 is 1.48 bits per heavy atom. The van der Waals surface area contributed by atoms with Crippen LogP contribution in [0.15, 0.2) is 84.9 Å². The van der Waals surface area contributed by atoms with Gasteiger partial charge in [0.05, 0.1) is 17.1 Å². The van der Waals surface area contributed by atoms with Gasteiger partial charge in [0.2, 0.25) is 0 Å². The van der Waals surface area contributed by atoms with E-state index in [1.165, 1.54) is 3.57 Å².